The van der Waals surface area contributed by atoms with Gasteiger partial charge >= 0.3 is 5.97 Å². The van der Waals surface area contributed by atoms with Crippen LogP contribution in [-0.4, -0.2) is 23.4 Å². The van der Waals surface area contributed by atoms with Crippen molar-refractivity contribution < 1.29 is 19.2 Å². The number of nitrogens with one attached hydrogen (secondary N) is 1. The van der Waals surface area contributed by atoms with Gasteiger partial charge in [0, 0.05) is 22.6 Å². The van der Waals surface area contributed by atoms with E-state index in [2.05, 4.69) is 12.2 Å². The first-order chi connectivity index (χ1) is 12.9. The van der Waals surface area contributed by atoms with Crippen LogP contribution in [0, 0.1) is 16.0 Å². The van der Waals surface area contributed by atoms with Crippen molar-refractivity contribution in [2.24, 2.45) is 5.92 Å². The first kappa shape index (κ1) is 19.0. The van der Waals surface area contributed by atoms with Crippen LogP contribution in [0.1, 0.15) is 51.4 Å². The lowest BCUT2D eigenvalue weighted by Gasteiger charge is -2.18. The highest BCUT2D eigenvalue weighted by atomic mass is 32.1. The second-order valence-corrected chi connectivity index (χ2v) is 7.64. The van der Waals surface area contributed by atoms with Gasteiger partial charge in [0.15, 0.2) is 0 Å². The molecule has 2 aromatic rings. The first-order valence-electron chi connectivity index (χ1n) is 8.78. The molecule has 1 heterocycles. The van der Waals surface area contributed by atoms with Crippen molar-refractivity contribution in [2.45, 2.75) is 33.1 Å². The smallest absolute Gasteiger partial charge is 0.341 e. The summed E-state index contributed by atoms with van der Waals surface area (Å²) < 4.78 is 5.19. The summed E-state index contributed by atoms with van der Waals surface area (Å²) in [5, 5.41) is 14.0. The lowest BCUT2D eigenvalue weighted by Crippen LogP contribution is -2.16. The van der Waals surface area contributed by atoms with Crippen LogP contribution < -0.4 is 5.32 Å². The van der Waals surface area contributed by atoms with Crippen LogP contribution in [0.2, 0.25) is 0 Å². The number of amides is 1. The number of benzene rings is 1. The van der Waals surface area contributed by atoms with Gasteiger partial charge < -0.3 is 10.1 Å². The fourth-order valence-electron chi connectivity index (χ4n) is 3.17. The summed E-state index contributed by atoms with van der Waals surface area (Å²) in [6, 6.07) is 5.35. The Balaban J connectivity index is 1.90. The first-order valence-corrected chi connectivity index (χ1v) is 9.59. The van der Waals surface area contributed by atoms with Crippen molar-refractivity contribution >= 4 is 33.9 Å². The molecule has 1 N–H and O–H groups in total. The zero-order valence-corrected chi connectivity index (χ0v) is 15.9. The van der Waals surface area contributed by atoms with Gasteiger partial charge in [-0.15, -0.1) is 11.3 Å². The third-order valence-electron chi connectivity index (χ3n) is 4.56. The topological polar surface area (TPSA) is 98.5 Å². The number of nitro groups is 1. The molecule has 0 saturated carbocycles. The monoisotopic (exact) mass is 388 g/mol. The molecular weight excluding hydrogens is 368 g/mol. The van der Waals surface area contributed by atoms with Crippen molar-refractivity contribution in [3.63, 3.8) is 0 Å². The van der Waals surface area contributed by atoms with E-state index in [-0.39, 0.29) is 17.9 Å². The quantitative estimate of drug-likeness (QED) is 0.470. The molecule has 0 aliphatic heterocycles. The summed E-state index contributed by atoms with van der Waals surface area (Å²) in [5.41, 5.74) is 1.61. The Bertz CT molecular complexity index is 888. The van der Waals surface area contributed by atoms with Gasteiger partial charge in [0.05, 0.1) is 17.1 Å². The number of hydrogen-bond donors (Lipinski definition) is 1. The number of ether oxygens (including phenoxy) is 1. The number of carbonyl (C=O) groups excluding carboxylic acids is 2. The predicted octanol–water partition coefficient (Wildman–Crippen LogP) is 4.21. The third-order valence-corrected chi connectivity index (χ3v) is 5.73. The third kappa shape index (κ3) is 4.00. The van der Waals surface area contributed by atoms with Crippen molar-refractivity contribution in [3.05, 3.63) is 55.9 Å². The SMILES string of the molecule is CCOC(=O)c1c(NC(=O)c2ccc([N+](=O)[O-])cc2)sc2c1CCC(C)C2. The Hall–Kier alpha value is -2.74. The number of nitro benzene ring substituents is 1. The highest BCUT2D eigenvalue weighted by molar-refractivity contribution is 7.17. The molecule has 1 aliphatic rings. The number of non-ortho nitro benzene ring substituents is 1. The zero-order valence-electron chi connectivity index (χ0n) is 15.1. The van der Waals surface area contributed by atoms with Crippen molar-refractivity contribution in [1.29, 1.82) is 0 Å². The second kappa shape index (κ2) is 7.87. The lowest BCUT2D eigenvalue weighted by molar-refractivity contribution is -0.384. The molecule has 1 amide bonds. The van der Waals surface area contributed by atoms with Crippen LogP contribution in [0.25, 0.3) is 0 Å². The molecule has 27 heavy (non-hydrogen) atoms. The van der Waals surface area contributed by atoms with Gasteiger partial charge in [0.1, 0.15) is 5.00 Å². The molecule has 142 valence electrons. The van der Waals surface area contributed by atoms with Gasteiger partial charge in [-0.05, 0) is 49.8 Å². The van der Waals surface area contributed by atoms with E-state index in [9.17, 15) is 19.7 Å². The molecule has 8 heteroatoms. The number of thiophene rings is 1. The summed E-state index contributed by atoms with van der Waals surface area (Å²) in [6.45, 7) is 4.17. The normalized spacial score (nSPS) is 15.7. The Morgan fingerprint density at radius 3 is 2.67 bits per heavy atom. The maximum atomic E-state index is 12.6. The highest BCUT2D eigenvalue weighted by Gasteiger charge is 2.29. The second-order valence-electron chi connectivity index (χ2n) is 6.53. The van der Waals surface area contributed by atoms with E-state index in [4.69, 9.17) is 4.74 Å². The average Bonchev–Trinajstić information content (AvgIpc) is 2.98. The summed E-state index contributed by atoms with van der Waals surface area (Å²) in [4.78, 5) is 36.4. The number of carbonyl (C=O) groups is 2. The van der Waals surface area contributed by atoms with Gasteiger partial charge in [-0.1, -0.05) is 6.92 Å². The number of esters is 1. The minimum absolute atomic E-state index is 0.0839. The summed E-state index contributed by atoms with van der Waals surface area (Å²) in [6.07, 6.45) is 2.65. The minimum Gasteiger partial charge on any atom is -0.462 e. The van der Waals surface area contributed by atoms with E-state index in [1.807, 2.05) is 0 Å². The molecule has 1 aromatic heterocycles. The zero-order chi connectivity index (χ0) is 19.6. The molecular formula is C19H20N2O5S. The fraction of sp³-hybridized carbons (Fsp3) is 0.368. The molecule has 0 fully saturated rings. The van der Waals surface area contributed by atoms with E-state index < -0.39 is 16.8 Å². The van der Waals surface area contributed by atoms with Crippen LogP contribution in [0.15, 0.2) is 24.3 Å². The van der Waals surface area contributed by atoms with E-state index in [0.29, 0.717) is 16.5 Å². The van der Waals surface area contributed by atoms with Gasteiger partial charge in [0.2, 0.25) is 0 Å². The van der Waals surface area contributed by atoms with E-state index in [1.165, 1.54) is 35.6 Å². The summed E-state index contributed by atoms with van der Waals surface area (Å²) in [5.74, 6) is -0.310. The molecule has 3 rings (SSSR count). The van der Waals surface area contributed by atoms with Crippen molar-refractivity contribution in [3.8, 4) is 0 Å². The van der Waals surface area contributed by atoms with Crippen LogP contribution in [0.4, 0.5) is 10.7 Å². The lowest BCUT2D eigenvalue weighted by atomic mass is 9.88. The van der Waals surface area contributed by atoms with Gasteiger partial charge in [-0.3, -0.25) is 14.9 Å². The molecule has 1 unspecified atom stereocenters. The van der Waals surface area contributed by atoms with Crippen LogP contribution in [0.3, 0.4) is 0 Å². The molecule has 1 aliphatic carbocycles. The number of nitrogens with zero attached hydrogens (tertiary/aromatic N) is 1. The number of rotatable bonds is 5. The number of anilines is 1. The molecule has 0 spiro atoms. The van der Waals surface area contributed by atoms with E-state index in [1.54, 1.807) is 6.92 Å². The van der Waals surface area contributed by atoms with Gasteiger partial charge in [-0.25, -0.2) is 4.79 Å². The van der Waals surface area contributed by atoms with Gasteiger partial charge in [0.25, 0.3) is 11.6 Å². The van der Waals surface area contributed by atoms with Crippen LogP contribution in [0.5, 0.6) is 0 Å². The maximum absolute atomic E-state index is 12.6. The van der Waals surface area contributed by atoms with Crippen LogP contribution in [-0.2, 0) is 17.6 Å². The van der Waals surface area contributed by atoms with Crippen molar-refractivity contribution in [2.75, 3.05) is 11.9 Å². The van der Waals surface area contributed by atoms with Crippen molar-refractivity contribution in [1.82, 2.24) is 0 Å². The molecule has 1 aromatic carbocycles. The standard InChI is InChI=1S/C19H20N2O5S/c1-3-26-19(23)16-14-9-4-11(2)10-15(14)27-18(16)20-17(22)12-5-7-13(8-6-12)21(24)25/h5-8,11H,3-4,9-10H2,1-2H3,(H,20,22). The largest absolute Gasteiger partial charge is 0.462 e. The highest BCUT2D eigenvalue weighted by Crippen LogP contribution is 2.40. The molecule has 7 nitrogen and oxygen atoms in total. The molecule has 1 atom stereocenters. The Labute approximate surface area is 160 Å². The number of hydrogen-bond acceptors (Lipinski definition) is 6. The Kier molecular flexibility index (Phi) is 5.55. The minimum atomic E-state index is -0.519. The maximum Gasteiger partial charge on any atom is 0.341 e. The fourth-order valence-corrected chi connectivity index (χ4v) is 4.56. The van der Waals surface area contributed by atoms with E-state index >= 15 is 0 Å². The number of fused-ring (bicyclic) bond motifs is 1. The average molecular weight is 388 g/mol. The molecule has 0 saturated heterocycles. The Morgan fingerprint density at radius 2 is 2.04 bits per heavy atom. The predicted molar refractivity (Wildman–Crippen MR) is 103 cm³/mol. The van der Waals surface area contributed by atoms with E-state index in [0.717, 1.165) is 29.7 Å². The Morgan fingerprint density at radius 1 is 1.33 bits per heavy atom. The summed E-state index contributed by atoms with van der Waals surface area (Å²) >= 11 is 1.41. The molecule has 0 radical (unpaired) electrons. The molecule has 0 bridgehead atoms. The summed E-state index contributed by atoms with van der Waals surface area (Å²) in [7, 11) is 0. The van der Waals surface area contributed by atoms with Gasteiger partial charge in [-0.2, -0.15) is 0 Å². The van der Waals surface area contributed by atoms with Crippen LogP contribution >= 0.6 is 11.3 Å².